The molecule has 50 heavy (non-hydrogen) atoms. The molecule has 1 spiro atoms. The summed E-state index contributed by atoms with van der Waals surface area (Å²) in [4.78, 5) is 23.1. The van der Waals surface area contributed by atoms with Crippen molar-refractivity contribution < 1.29 is 27.8 Å². The van der Waals surface area contributed by atoms with Gasteiger partial charge in [-0.15, -0.1) is 0 Å². The Hall–Kier alpha value is -3.47. The van der Waals surface area contributed by atoms with E-state index in [1.165, 1.54) is 30.6 Å². The van der Waals surface area contributed by atoms with Crippen molar-refractivity contribution in [2.75, 3.05) is 31.7 Å². The van der Waals surface area contributed by atoms with Crippen LogP contribution in [0.4, 0.5) is 5.69 Å². The highest BCUT2D eigenvalue weighted by atomic mass is 35.5. The molecule has 266 valence electrons. The van der Waals surface area contributed by atoms with Gasteiger partial charge in [-0.2, -0.15) is 0 Å². The third kappa shape index (κ3) is 6.66. The van der Waals surface area contributed by atoms with Gasteiger partial charge in [0.05, 0.1) is 36.3 Å². The number of ether oxygens (including phenoxy) is 2. The van der Waals surface area contributed by atoms with Crippen LogP contribution in [0.5, 0.6) is 5.75 Å². The highest BCUT2D eigenvalue weighted by Crippen LogP contribution is 2.47. The van der Waals surface area contributed by atoms with Crippen LogP contribution in [0, 0.1) is 23.7 Å². The molecule has 2 fully saturated rings. The Morgan fingerprint density at radius 3 is 2.72 bits per heavy atom. The number of aliphatic hydroxyl groups excluding tert-OH is 1. The van der Waals surface area contributed by atoms with Crippen LogP contribution < -0.4 is 9.64 Å². The van der Waals surface area contributed by atoms with Crippen LogP contribution in [-0.2, 0) is 26.4 Å². The van der Waals surface area contributed by atoms with Crippen molar-refractivity contribution in [1.29, 1.82) is 0 Å². The van der Waals surface area contributed by atoms with Crippen molar-refractivity contribution in [3.63, 3.8) is 0 Å². The van der Waals surface area contributed by atoms with Gasteiger partial charge in [-0.05, 0) is 116 Å². The number of halogens is 1. The molecule has 1 aromatic heterocycles. The molecule has 0 saturated heterocycles. The average molecular weight is 720 g/mol. The Bertz CT molecular complexity index is 1860. The number of carbonyl (C=O) groups is 1. The number of anilines is 1. The molecule has 7 atom stereocenters. The number of carbonyl (C=O) groups excluding carboxylic acids is 1. The van der Waals surface area contributed by atoms with E-state index < -0.39 is 27.2 Å². The smallest absolute Gasteiger partial charge is 0.337 e. The summed E-state index contributed by atoms with van der Waals surface area (Å²) >= 11 is 6.43. The van der Waals surface area contributed by atoms with E-state index in [9.17, 15) is 18.3 Å². The topological polar surface area (TPSA) is 119 Å². The number of aromatic nitrogens is 2. The highest BCUT2D eigenvalue weighted by molar-refractivity contribution is 7.91. The maximum absolute atomic E-state index is 13.4. The summed E-state index contributed by atoms with van der Waals surface area (Å²) in [7, 11) is -2.27. The first kappa shape index (κ1) is 35.0. The average Bonchev–Trinajstić information content (AvgIpc) is 3.26. The normalized spacial score (nSPS) is 28.6. The fraction of sp³-hybridized carbons (Fsp3) is 0.513. The van der Waals surface area contributed by atoms with E-state index in [0.29, 0.717) is 25.1 Å². The first-order valence-corrected chi connectivity index (χ1v) is 19.8. The van der Waals surface area contributed by atoms with E-state index in [2.05, 4.69) is 33.1 Å². The zero-order valence-corrected chi connectivity index (χ0v) is 30.3. The minimum absolute atomic E-state index is 0.0338. The number of hydrogen-bond donors (Lipinski definition) is 1. The van der Waals surface area contributed by atoms with Gasteiger partial charge in [0, 0.05) is 35.9 Å². The number of rotatable bonds is 8. The lowest BCUT2D eigenvalue weighted by Crippen LogP contribution is -2.49. The molecule has 1 unspecified atom stereocenters. The lowest BCUT2D eigenvalue weighted by atomic mass is 9.68. The first-order chi connectivity index (χ1) is 24.1. The van der Waals surface area contributed by atoms with Gasteiger partial charge in [0.1, 0.15) is 5.75 Å². The Balaban J connectivity index is 1.11. The molecule has 7 rings (SSSR count). The molecule has 0 bridgehead atoms. The summed E-state index contributed by atoms with van der Waals surface area (Å²) < 4.78 is 38.5. The number of aliphatic hydroxyl groups is 1. The number of aryl methyl sites for hydroxylation is 1. The summed E-state index contributed by atoms with van der Waals surface area (Å²) in [6.45, 7) is 3.94. The standard InChI is InChI=1S/C39H46ClN3O6S/c1-25-26(6-3-8-36(25)50(46,47)38-41-18-5-19-42-38)10-15-34(44)31-13-9-29(31)22-43-23-39(17-4-7-27-20-30(40)12-14-32(27)39)24-49-35-16-11-28(21-33(35)43)37(45)48-2/h5,10-12,14-16,18-21,25-26,29,31,34,36,44H,3-4,6-9,13,17,22-24H2,1-2H3/b15-10+/t25-,26-,29+,31-,34+,36+,39?/m1/s1. The summed E-state index contributed by atoms with van der Waals surface area (Å²) in [5.74, 6) is 0.539. The van der Waals surface area contributed by atoms with Crippen molar-refractivity contribution in [3.8, 4) is 5.75 Å². The second-order valence-corrected chi connectivity index (χ2v) is 17.2. The lowest BCUT2D eigenvalue weighted by molar-refractivity contribution is 0.0452. The predicted octanol–water partition coefficient (Wildman–Crippen LogP) is 6.61. The molecule has 3 aliphatic carbocycles. The Labute approximate surface area is 300 Å². The molecule has 1 aliphatic heterocycles. The molecule has 2 heterocycles. The number of nitrogens with zero attached hydrogens (tertiary/aromatic N) is 3. The molecule has 1 N–H and O–H groups in total. The summed E-state index contributed by atoms with van der Waals surface area (Å²) in [6.07, 6.45) is 13.4. The lowest BCUT2D eigenvalue weighted by Gasteiger charge is -2.45. The Morgan fingerprint density at radius 1 is 1.14 bits per heavy atom. The van der Waals surface area contributed by atoms with E-state index >= 15 is 0 Å². The molecular weight excluding hydrogens is 674 g/mol. The molecule has 9 nitrogen and oxygen atoms in total. The van der Waals surface area contributed by atoms with Crippen LogP contribution >= 0.6 is 11.6 Å². The van der Waals surface area contributed by atoms with Gasteiger partial charge in [-0.25, -0.2) is 23.2 Å². The summed E-state index contributed by atoms with van der Waals surface area (Å²) in [5, 5.41) is 11.6. The zero-order chi connectivity index (χ0) is 35.0. The van der Waals surface area contributed by atoms with E-state index in [1.54, 1.807) is 12.1 Å². The molecular formula is C39H46ClN3O6S. The van der Waals surface area contributed by atoms with E-state index in [1.807, 2.05) is 31.2 Å². The summed E-state index contributed by atoms with van der Waals surface area (Å²) in [5.41, 5.74) is 3.62. The van der Waals surface area contributed by atoms with Gasteiger partial charge in [-0.1, -0.05) is 43.2 Å². The van der Waals surface area contributed by atoms with E-state index in [4.69, 9.17) is 21.1 Å². The molecule has 0 radical (unpaired) electrons. The van der Waals surface area contributed by atoms with Crippen LogP contribution in [0.2, 0.25) is 5.02 Å². The number of benzene rings is 2. The van der Waals surface area contributed by atoms with Crippen LogP contribution in [0.15, 0.2) is 72.2 Å². The molecule has 4 aliphatic rings. The fourth-order valence-electron chi connectivity index (χ4n) is 8.95. The van der Waals surface area contributed by atoms with Crippen LogP contribution in [0.1, 0.15) is 73.4 Å². The quantitative estimate of drug-likeness (QED) is 0.156. The highest BCUT2D eigenvalue weighted by Gasteiger charge is 2.45. The number of methoxy groups -OCH3 is 1. The van der Waals surface area contributed by atoms with Crippen LogP contribution in [0.3, 0.4) is 0 Å². The fourth-order valence-corrected chi connectivity index (χ4v) is 11.1. The molecule has 2 saturated carbocycles. The van der Waals surface area contributed by atoms with Crippen molar-refractivity contribution in [2.45, 2.75) is 80.2 Å². The van der Waals surface area contributed by atoms with Crippen molar-refractivity contribution >= 4 is 33.1 Å². The maximum Gasteiger partial charge on any atom is 0.337 e. The van der Waals surface area contributed by atoms with Crippen LogP contribution in [-0.4, -0.2) is 67.6 Å². The number of hydrogen-bond acceptors (Lipinski definition) is 9. The first-order valence-electron chi connectivity index (χ1n) is 17.9. The zero-order valence-electron chi connectivity index (χ0n) is 28.7. The number of allylic oxidation sites excluding steroid dienone is 1. The largest absolute Gasteiger partial charge is 0.490 e. The van der Waals surface area contributed by atoms with Gasteiger partial charge >= 0.3 is 5.97 Å². The van der Waals surface area contributed by atoms with E-state index in [0.717, 1.165) is 68.0 Å². The van der Waals surface area contributed by atoms with Gasteiger partial charge < -0.3 is 19.5 Å². The maximum atomic E-state index is 13.4. The van der Waals surface area contributed by atoms with E-state index in [-0.39, 0.29) is 34.2 Å². The Morgan fingerprint density at radius 2 is 1.96 bits per heavy atom. The van der Waals surface area contributed by atoms with Gasteiger partial charge in [0.25, 0.3) is 0 Å². The number of fused-ring (bicyclic) bond motifs is 3. The number of sulfone groups is 1. The molecule has 11 heteroatoms. The van der Waals surface area contributed by atoms with Crippen LogP contribution in [0.25, 0.3) is 0 Å². The molecule has 3 aromatic rings. The van der Waals surface area contributed by atoms with Gasteiger partial charge in [0.2, 0.25) is 15.0 Å². The SMILES string of the molecule is COC(=O)c1ccc2c(c1)N(C[C@@H]1CC[C@H]1[C@@H](O)/C=C/[C@H]1CCC[C@H](S(=O)(=O)c3ncccn3)[C@@H]1C)CC1(CCCc3cc(Cl)ccc31)CO2. The minimum Gasteiger partial charge on any atom is -0.490 e. The van der Waals surface area contributed by atoms with Crippen molar-refractivity contribution in [2.24, 2.45) is 23.7 Å². The third-order valence-electron chi connectivity index (χ3n) is 11.9. The summed E-state index contributed by atoms with van der Waals surface area (Å²) in [6, 6.07) is 13.3. The minimum atomic E-state index is -3.66. The molecule has 2 aromatic carbocycles. The number of esters is 1. The third-order valence-corrected chi connectivity index (χ3v) is 14.3. The van der Waals surface area contributed by atoms with Crippen molar-refractivity contribution in [1.82, 2.24) is 9.97 Å². The second kappa shape index (κ2) is 14.3. The van der Waals surface area contributed by atoms with Crippen molar-refractivity contribution in [3.05, 3.63) is 88.7 Å². The van der Waals surface area contributed by atoms with Gasteiger partial charge in [-0.3, -0.25) is 0 Å². The Kier molecular flexibility index (Phi) is 9.98. The monoisotopic (exact) mass is 719 g/mol. The van der Waals surface area contributed by atoms with Gasteiger partial charge in [0.15, 0.2) is 0 Å². The molecule has 0 amide bonds. The predicted molar refractivity (Wildman–Crippen MR) is 192 cm³/mol. The second-order valence-electron chi connectivity index (χ2n) is 14.7.